The van der Waals surface area contributed by atoms with Crippen LogP contribution < -0.4 is 0 Å². The number of aliphatic hydroxyl groups excluding tert-OH is 1. The quantitative estimate of drug-likeness (QED) is 0.438. The second-order valence-corrected chi connectivity index (χ2v) is 3.43. The zero-order chi connectivity index (χ0) is 10.6. The molecule has 0 bridgehead atoms. The maximum Gasteiger partial charge on any atom is 0.154 e. The minimum Gasteiger partial charge on any atom is -0.379 e. The fourth-order valence-electron chi connectivity index (χ4n) is 1.05. The summed E-state index contributed by atoms with van der Waals surface area (Å²) in [5, 5.41) is 9.31. The molecule has 86 valence electrons. The molecular weight excluding hydrogens is 180 g/mol. The Balaban J connectivity index is 3.02. The van der Waals surface area contributed by atoms with E-state index in [0.29, 0.717) is 13.2 Å². The third-order valence-electron chi connectivity index (χ3n) is 1.98. The lowest BCUT2D eigenvalue weighted by Crippen LogP contribution is -2.15. The molecule has 0 saturated heterocycles. The first-order chi connectivity index (χ1) is 6.81. The summed E-state index contributed by atoms with van der Waals surface area (Å²) in [6, 6.07) is 0. The van der Waals surface area contributed by atoms with Crippen molar-refractivity contribution in [1.82, 2.24) is 0 Å². The summed E-state index contributed by atoms with van der Waals surface area (Å²) in [5.74, 6) is 0. The van der Waals surface area contributed by atoms with Crippen LogP contribution in [0, 0.1) is 0 Å². The molecule has 14 heavy (non-hydrogen) atoms. The van der Waals surface area contributed by atoms with Crippen molar-refractivity contribution in [3.63, 3.8) is 0 Å². The summed E-state index contributed by atoms with van der Waals surface area (Å²) in [5.41, 5.74) is 0. The number of rotatable bonds is 10. The number of aliphatic hydroxyl groups is 1. The van der Waals surface area contributed by atoms with E-state index in [-0.39, 0.29) is 0 Å². The van der Waals surface area contributed by atoms with Gasteiger partial charge in [0.1, 0.15) is 0 Å². The van der Waals surface area contributed by atoms with E-state index in [2.05, 4.69) is 13.8 Å². The Morgan fingerprint density at radius 1 is 1.00 bits per heavy atom. The predicted molar refractivity (Wildman–Crippen MR) is 57.2 cm³/mol. The highest BCUT2D eigenvalue weighted by atomic mass is 16.6. The minimum atomic E-state index is -0.607. The van der Waals surface area contributed by atoms with Crippen molar-refractivity contribution in [2.24, 2.45) is 0 Å². The summed E-state index contributed by atoms with van der Waals surface area (Å²) < 4.78 is 10.4. The lowest BCUT2D eigenvalue weighted by Gasteiger charge is -2.11. The molecule has 0 rings (SSSR count). The van der Waals surface area contributed by atoms with Gasteiger partial charge in [-0.2, -0.15) is 0 Å². The molecule has 3 nitrogen and oxygen atoms in total. The largest absolute Gasteiger partial charge is 0.379 e. The molecule has 0 aromatic carbocycles. The molecule has 0 aromatic heterocycles. The van der Waals surface area contributed by atoms with E-state index in [1.165, 1.54) is 0 Å². The Morgan fingerprint density at radius 3 is 2.36 bits per heavy atom. The maximum absolute atomic E-state index is 9.31. The lowest BCUT2D eigenvalue weighted by molar-refractivity contribution is -0.116. The molecular formula is C11H24O3. The van der Waals surface area contributed by atoms with E-state index in [1.807, 2.05) is 0 Å². The number of hydrogen-bond acceptors (Lipinski definition) is 3. The fraction of sp³-hybridized carbons (Fsp3) is 1.00. The number of unbranched alkanes of at least 4 members (excludes halogenated alkanes) is 2. The highest BCUT2D eigenvalue weighted by molar-refractivity contribution is 4.42. The molecule has 1 N–H and O–H groups in total. The second-order valence-electron chi connectivity index (χ2n) is 3.43. The van der Waals surface area contributed by atoms with Crippen LogP contribution in [0.25, 0.3) is 0 Å². The molecule has 0 radical (unpaired) electrons. The van der Waals surface area contributed by atoms with Gasteiger partial charge >= 0.3 is 0 Å². The zero-order valence-corrected chi connectivity index (χ0v) is 9.50. The average Bonchev–Trinajstić information content (AvgIpc) is 2.20. The molecule has 0 fully saturated rings. The van der Waals surface area contributed by atoms with Gasteiger partial charge in [0.05, 0.1) is 13.2 Å². The van der Waals surface area contributed by atoms with E-state index < -0.39 is 6.29 Å². The molecule has 0 aliphatic heterocycles. The normalized spacial score (nSPS) is 13.1. The zero-order valence-electron chi connectivity index (χ0n) is 9.50. The summed E-state index contributed by atoms with van der Waals surface area (Å²) in [7, 11) is 0. The minimum absolute atomic E-state index is 0.495. The van der Waals surface area contributed by atoms with E-state index >= 15 is 0 Å². The van der Waals surface area contributed by atoms with Gasteiger partial charge in [0.2, 0.25) is 0 Å². The second kappa shape index (κ2) is 11.0. The van der Waals surface area contributed by atoms with Crippen LogP contribution in [0.2, 0.25) is 0 Å². The molecule has 0 heterocycles. The van der Waals surface area contributed by atoms with Crippen molar-refractivity contribution in [3.05, 3.63) is 0 Å². The Morgan fingerprint density at radius 2 is 1.71 bits per heavy atom. The summed E-state index contributed by atoms with van der Waals surface area (Å²) in [6.07, 6.45) is 4.47. The first-order valence-electron chi connectivity index (χ1n) is 5.68. The molecule has 3 heteroatoms. The van der Waals surface area contributed by atoms with Crippen LogP contribution in [0.5, 0.6) is 0 Å². The van der Waals surface area contributed by atoms with Crippen molar-refractivity contribution in [2.75, 3.05) is 19.8 Å². The van der Waals surface area contributed by atoms with Gasteiger partial charge in [-0.3, -0.25) is 0 Å². The Kier molecular flexibility index (Phi) is 10.9. The Labute approximate surface area is 87.4 Å². The molecule has 0 aliphatic rings. The van der Waals surface area contributed by atoms with E-state index in [0.717, 1.165) is 38.7 Å². The predicted octanol–water partition coefficient (Wildman–Crippen LogP) is 2.33. The summed E-state index contributed by atoms with van der Waals surface area (Å²) in [6.45, 7) is 6.11. The van der Waals surface area contributed by atoms with E-state index in [1.54, 1.807) is 0 Å². The van der Waals surface area contributed by atoms with Gasteiger partial charge in [-0.1, -0.05) is 26.7 Å². The first kappa shape index (κ1) is 13.9. The fourth-order valence-corrected chi connectivity index (χ4v) is 1.05. The van der Waals surface area contributed by atoms with Gasteiger partial charge in [-0.25, -0.2) is 0 Å². The smallest absolute Gasteiger partial charge is 0.154 e. The van der Waals surface area contributed by atoms with Crippen LogP contribution in [0.4, 0.5) is 0 Å². The summed E-state index contributed by atoms with van der Waals surface area (Å²) in [4.78, 5) is 0. The molecule has 0 aromatic rings. The van der Waals surface area contributed by atoms with Crippen molar-refractivity contribution in [2.45, 2.75) is 52.2 Å². The molecule has 1 atom stereocenters. The van der Waals surface area contributed by atoms with E-state index in [9.17, 15) is 5.11 Å². The molecule has 0 saturated carbocycles. The third-order valence-corrected chi connectivity index (χ3v) is 1.98. The SMILES string of the molecule is CCCCOCCOC(O)CCCC. The molecule has 0 spiro atoms. The maximum atomic E-state index is 9.31. The monoisotopic (exact) mass is 204 g/mol. The molecule has 0 amide bonds. The van der Waals surface area contributed by atoms with Crippen molar-refractivity contribution in [3.8, 4) is 0 Å². The van der Waals surface area contributed by atoms with Gasteiger partial charge in [0, 0.05) is 6.61 Å². The molecule has 0 aliphatic carbocycles. The number of hydrogen-bond donors (Lipinski definition) is 1. The third kappa shape index (κ3) is 9.96. The van der Waals surface area contributed by atoms with Crippen LogP contribution in [-0.2, 0) is 9.47 Å². The van der Waals surface area contributed by atoms with Crippen LogP contribution in [0.15, 0.2) is 0 Å². The van der Waals surface area contributed by atoms with Crippen LogP contribution in [0.3, 0.4) is 0 Å². The standard InChI is InChI=1S/C11H24O3/c1-3-5-7-11(12)14-10-9-13-8-6-4-2/h11-12H,3-10H2,1-2H3. The Hall–Kier alpha value is -0.120. The van der Waals surface area contributed by atoms with Crippen LogP contribution >= 0.6 is 0 Å². The van der Waals surface area contributed by atoms with Crippen molar-refractivity contribution >= 4 is 0 Å². The first-order valence-corrected chi connectivity index (χ1v) is 5.68. The van der Waals surface area contributed by atoms with Gasteiger partial charge in [0.25, 0.3) is 0 Å². The number of ether oxygens (including phenoxy) is 2. The topological polar surface area (TPSA) is 38.7 Å². The van der Waals surface area contributed by atoms with Crippen LogP contribution in [-0.4, -0.2) is 31.2 Å². The average molecular weight is 204 g/mol. The van der Waals surface area contributed by atoms with Crippen molar-refractivity contribution < 1.29 is 14.6 Å². The van der Waals surface area contributed by atoms with Crippen LogP contribution in [0.1, 0.15) is 46.0 Å². The lowest BCUT2D eigenvalue weighted by atomic mass is 10.2. The Bertz CT molecular complexity index is 107. The van der Waals surface area contributed by atoms with Gasteiger partial charge in [-0.15, -0.1) is 0 Å². The van der Waals surface area contributed by atoms with Gasteiger partial charge in [-0.05, 0) is 19.3 Å². The van der Waals surface area contributed by atoms with Gasteiger partial charge in [0.15, 0.2) is 6.29 Å². The highest BCUT2D eigenvalue weighted by Gasteiger charge is 2.01. The van der Waals surface area contributed by atoms with Crippen molar-refractivity contribution in [1.29, 1.82) is 0 Å². The van der Waals surface area contributed by atoms with Gasteiger partial charge < -0.3 is 14.6 Å². The molecule has 1 unspecified atom stereocenters. The van der Waals surface area contributed by atoms with E-state index in [4.69, 9.17) is 9.47 Å². The summed E-state index contributed by atoms with van der Waals surface area (Å²) >= 11 is 0. The highest BCUT2D eigenvalue weighted by Crippen LogP contribution is 2.01.